The smallest absolute Gasteiger partial charge is 0.330 e. The molecule has 4 aromatic rings. The first-order valence-electron chi connectivity index (χ1n) is 15.7. The van der Waals surface area contributed by atoms with E-state index >= 15 is 0 Å². The largest absolute Gasteiger partial charge is 0.463 e. The van der Waals surface area contributed by atoms with E-state index < -0.39 is 0 Å². The van der Waals surface area contributed by atoms with Gasteiger partial charge in [-0.15, -0.1) is 0 Å². The molecule has 1 aromatic heterocycles. The van der Waals surface area contributed by atoms with Crippen LogP contribution in [-0.2, 0) is 14.3 Å². The van der Waals surface area contributed by atoms with Crippen molar-refractivity contribution < 1.29 is 14.3 Å². The van der Waals surface area contributed by atoms with Gasteiger partial charge in [-0.1, -0.05) is 72.6 Å². The highest BCUT2D eigenvalue weighted by molar-refractivity contribution is 6.33. The lowest BCUT2D eigenvalue weighted by Gasteiger charge is -2.32. The maximum atomic E-state index is 11.9. The summed E-state index contributed by atoms with van der Waals surface area (Å²) in [4.78, 5) is 11.9. The fourth-order valence-electron chi connectivity index (χ4n) is 6.06. The monoisotopic (exact) mass is 617 g/mol. The van der Waals surface area contributed by atoms with E-state index in [1.54, 1.807) is 19.1 Å². The maximum absolute atomic E-state index is 11.9. The molecule has 7 heteroatoms. The summed E-state index contributed by atoms with van der Waals surface area (Å²) in [5.41, 5.74) is 8.99. The predicted octanol–water partition coefficient (Wildman–Crippen LogP) is 9.11. The third-order valence-corrected chi connectivity index (χ3v) is 8.94. The van der Waals surface area contributed by atoms with Crippen LogP contribution in [0, 0.1) is 17.2 Å². The summed E-state index contributed by atoms with van der Waals surface area (Å²) in [6.45, 7) is 2.91. The quantitative estimate of drug-likeness (QED) is 0.106. The summed E-state index contributed by atoms with van der Waals surface area (Å²) in [6.07, 6.45) is 13.8. The Bertz CT molecular complexity index is 1750. The van der Waals surface area contributed by atoms with E-state index in [4.69, 9.17) is 21.1 Å². The molecule has 1 aliphatic heterocycles. The Morgan fingerprint density at radius 3 is 2.40 bits per heavy atom. The van der Waals surface area contributed by atoms with Gasteiger partial charge in [0.25, 0.3) is 0 Å². The van der Waals surface area contributed by atoms with Gasteiger partial charge in [-0.25, -0.2) is 9.48 Å². The molecule has 1 saturated carbocycles. The van der Waals surface area contributed by atoms with Crippen molar-refractivity contribution in [3.8, 4) is 17.2 Å². The van der Waals surface area contributed by atoms with Crippen LogP contribution in [0.2, 0.25) is 5.02 Å². The standard InChI is InChI=1S/C38H36ClN3O3/c1-2-44-36(43)20-12-26-9-13-30(14-10-26)37(38(29-6-5-7-29)33-19-11-27(23-40)22-34(33)39)31-17-15-28(16-18-31)32-24-41-42(25-32)35-8-3-4-21-45-35/h9-20,22,24-25,29,35H,2-8,21H2,1H3/b20-12+,38-37+. The molecule has 3 aromatic carbocycles. The minimum atomic E-state index is -0.359. The number of allylic oxidation sites excluding steroid dienone is 1. The van der Waals surface area contributed by atoms with Gasteiger partial charge in [0.2, 0.25) is 0 Å². The molecule has 1 saturated heterocycles. The molecule has 1 aliphatic carbocycles. The molecule has 45 heavy (non-hydrogen) atoms. The molecule has 2 heterocycles. The first-order chi connectivity index (χ1) is 22.0. The van der Waals surface area contributed by atoms with Crippen molar-refractivity contribution in [1.29, 1.82) is 5.26 Å². The van der Waals surface area contributed by atoms with Gasteiger partial charge in [0.15, 0.2) is 0 Å². The maximum Gasteiger partial charge on any atom is 0.330 e. The van der Waals surface area contributed by atoms with Crippen molar-refractivity contribution in [2.75, 3.05) is 13.2 Å². The number of hydrogen-bond donors (Lipinski definition) is 0. The van der Waals surface area contributed by atoms with Crippen molar-refractivity contribution >= 4 is 34.8 Å². The molecule has 0 spiro atoms. The minimum absolute atomic E-state index is 0.00128. The van der Waals surface area contributed by atoms with Gasteiger partial charge < -0.3 is 9.47 Å². The molecular weight excluding hydrogens is 582 g/mol. The molecule has 1 atom stereocenters. The average Bonchev–Trinajstić information content (AvgIpc) is 3.55. The number of halogens is 1. The fraction of sp³-hybridized carbons (Fsp3) is 0.289. The lowest BCUT2D eigenvalue weighted by atomic mass is 9.73. The molecule has 2 fully saturated rings. The highest BCUT2D eigenvalue weighted by Gasteiger charge is 2.28. The van der Waals surface area contributed by atoms with Gasteiger partial charge in [0.1, 0.15) is 6.23 Å². The average molecular weight is 618 g/mol. The van der Waals surface area contributed by atoms with Crippen molar-refractivity contribution in [2.24, 2.45) is 5.92 Å². The molecule has 228 valence electrons. The number of hydrogen-bond acceptors (Lipinski definition) is 5. The number of carbonyl (C=O) groups is 1. The van der Waals surface area contributed by atoms with Crippen LogP contribution >= 0.6 is 11.6 Å². The van der Waals surface area contributed by atoms with Crippen LogP contribution in [-0.4, -0.2) is 29.0 Å². The Kier molecular flexibility index (Phi) is 9.59. The second-order valence-electron chi connectivity index (χ2n) is 11.5. The lowest BCUT2D eigenvalue weighted by molar-refractivity contribution is -0.137. The summed E-state index contributed by atoms with van der Waals surface area (Å²) in [5, 5.41) is 14.7. The van der Waals surface area contributed by atoms with Crippen molar-refractivity contribution in [3.05, 3.63) is 118 Å². The van der Waals surface area contributed by atoms with E-state index in [-0.39, 0.29) is 12.2 Å². The number of aromatic nitrogens is 2. The SMILES string of the molecule is CCOC(=O)/C=C/c1ccc(/C(=C(\c2ccc(C#N)cc2Cl)C2CCC2)c2ccc(-c3cnn(C4CCCCO4)c3)cc2)cc1. The second kappa shape index (κ2) is 14.1. The number of esters is 1. The zero-order valence-corrected chi connectivity index (χ0v) is 26.2. The molecule has 0 N–H and O–H groups in total. The van der Waals surface area contributed by atoms with Gasteiger partial charge in [0, 0.05) is 29.5 Å². The molecule has 6 nitrogen and oxygen atoms in total. The third-order valence-electron chi connectivity index (χ3n) is 8.63. The van der Waals surface area contributed by atoms with Gasteiger partial charge in [-0.2, -0.15) is 10.4 Å². The first kappa shape index (κ1) is 30.6. The lowest BCUT2D eigenvalue weighted by Crippen LogP contribution is -2.18. The van der Waals surface area contributed by atoms with E-state index in [0.717, 1.165) is 77.7 Å². The van der Waals surface area contributed by atoms with Crippen LogP contribution in [0.3, 0.4) is 0 Å². The van der Waals surface area contributed by atoms with Crippen LogP contribution in [0.1, 0.15) is 79.5 Å². The van der Waals surface area contributed by atoms with E-state index in [0.29, 0.717) is 23.1 Å². The summed E-state index contributed by atoms with van der Waals surface area (Å²) in [6, 6.07) is 24.6. The minimum Gasteiger partial charge on any atom is -0.463 e. The van der Waals surface area contributed by atoms with Gasteiger partial charge in [0.05, 0.1) is 24.4 Å². The van der Waals surface area contributed by atoms with Crippen LogP contribution in [0.15, 0.2) is 85.2 Å². The first-order valence-corrected chi connectivity index (χ1v) is 16.1. The van der Waals surface area contributed by atoms with Gasteiger partial charge in [-0.3, -0.25) is 0 Å². The summed E-state index contributed by atoms with van der Waals surface area (Å²) in [5.74, 6) is -0.0102. The number of carbonyl (C=O) groups excluding carboxylic acids is 1. The highest BCUT2D eigenvalue weighted by Crippen LogP contribution is 2.47. The number of benzene rings is 3. The summed E-state index contributed by atoms with van der Waals surface area (Å²) < 4.78 is 12.9. The van der Waals surface area contributed by atoms with Crippen molar-refractivity contribution in [3.63, 3.8) is 0 Å². The van der Waals surface area contributed by atoms with Crippen LogP contribution in [0.4, 0.5) is 0 Å². The molecule has 0 amide bonds. The number of ether oxygens (including phenoxy) is 2. The van der Waals surface area contributed by atoms with E-state index in [2.05, 4.69) is 53.8 Å². The Balaban J connectivity index is 1.41. The zero-order chi connectivity index (χ0) is 31.2. The van der Waals surface area contributed by atoms with Crippen molar-refractivity contribution in [2.45, 2.75) is 51.7 Å². The summed E-state index contributed by atoms with van der Waals surface area (Å²) >= 11 is 6.88. The van der Waals surface area contributed by atoms with Crippen molar-refractivity contribution in [1.82, 2.24) is 9.78 Å². The Hall–Kier alpha value is -4.44. The molecule has 0 radical (unpaired) electrons. The van der Waals surface area contributed by atoms with E-state index in [1.807, 2.05) is 35.1 Å². The highest BCUT2D eigenvalue weighted by atomic mass is 35.5. The van der Waals surface area contributed by atoms with Gasteiger partial charge >= 0.3 is 5.97 Å². The Morgan fingerprint density at radius 2 is 1.78 bits per heavy atom. The fourth-order valence-corrected chi connectivity index (χ4v) is 6.34. The van der Waals surface area contributed by atoms with Crippen LogP contribution in [0.5, 0.6) is 0 Å². The predicted molar refractivity (Wildman–Crippen MR) is 178 cm³/mol. The number of nitrogens with zero attached hydrogens (tertiary/aromatic N) is 3. The third kappa shape index (κ3) is 6.96. The molecular formula is C38H36ClN3O3. The second-order valence-corrected chi connectivity index (χ2v) is 11.9. The normalized spacial score (nSPS) is 17.4. The Morgan fingerprint density at radius 1 is 1.02 bits per heavy atom. The van der Waals surface area contributed by atoms with Gasteiger partial charge in [-0.05, 0) is 102 Å². The molecule has 0 bridgehead atoms. The van der Waals surface area contributed by atoms with E-state index in [1.165, 1.54) is 18.1 Å². The van der Waals surface area contributed by atoms with Crippen LogP contribution in [0.25, 0.3) is 28.3 Å². The van der Waals surface area contributed by atoms with Crippen LogP contribution < -0.4 is 0 Å². The summed E-state index contributed by atoms with van der Waals surface area (Å²) in [7, 11) is 0. The zero-order valence-electron chi connectivity index (χ0n) is 25.4. The van der Waals surface area contributed by atoms with E-state index in [9.17, 15) is 10.1 Å². The number of rotatable bonds is 9. The molecule has 1 unspecified atom stereocenters. The Labute approximate surface area is 269 Å². The molecule has 6 rings (SSSR count). The topological polar surface area (TPSA) is 77.1 Å². The molecule has 2 aliphatic rings. The number of nitriles is 1.